The van der Waals surface area contributed by atoms with E-state index in [1.54, 1.807) is 6.20 Å². The van der Waals surface area contributed by atoms with Crippen LogP contribution in [0.25, 0.3) is 0 Å². The molecule has 3 nitrogen and oxygen atoms in total. The molecule has 1 rings (SSSR count). The normalized spacial score (nSPS) is 11.6. The fraction of sp³-hybridized carbons (Fsp3) is 0.500. The van der Waals surface area contributed by atoms with Crippen LogP contribution in [0.5, 0.6) is 0 Å². The fourth-order valence-corrected chi connectivity index (χ4v) is 3.56. The second-order valence-electron chi connectivity index (χ2n) is 3.03. The van der Waals surface area contributed by atoms with Gasteiger partial charge in [-0.05, 0) is 32.5 Å². The molecule has 0 atom stereocenters. The standard InChI is InChI=1S/C10H17NO2Si/c1-4-12-14(3,13-5-2)10-8-6-7-9-11-10/h6-9H,4-5H2,1-3H3. The lowest BCUT2D eigenvalue weighted by atomic mass is 10.5. The Balaban J connectivity index is 2.87. The van der Waals surface area contributed by atoms with E-state index in [0.29, 0.717) is 13.2 Å². The largest absolute Gasteiger partial charge is 0.391 e. The summed E-state index contributed by atoms with van der Waals surface area (Å²) in [7, 11) is -2.24. The fourth-order valence-electron chi connectivity index (χ4n) is 1.37. The van der Waals surface area contributed by atoms with Crippen molar-refractivity contribution in [3.05, 3.63) is 24.4 Å². The Morgan fingerprint density at radius 3 is 2.29 bits per heavy atom. The van der Waals surface area contributed by atoms with Crippen molar-refractivity contribution in [3.63, 3.8) is 0 Å². The van der Waals surface area contributed by atoms with Crippen LogP contribution in [-0.2, 0) is 8.85 Å². The first kappa shape index (κ1) is 11.4. The third-order valence-electron chi connectivity index (χ3n) is 1.97. The summed E-state index contributed by atoms with van der Waals surface area (Å²) in [6, 6.07) is 5.83. The monoisotopic (exact) mass is 211 g/mol. The van der Waals surface area contributed by atoms with E-state index in [9.17, 15) is 0 Å². The Morgan fingerprint density at radius 1 is 1.21 bits per heavy atom. The van der Waals surface area contributed by atoms with Gasteiger partial charge in [0.25, 0.3) is 0 Å². The summed E-state index contributed by atoms with van der Waals surface area (Å²) in [5, 5.41) is 0.948. The quantitative estimate of drug-likeness (QED) is 0.691. The highest BCUT2D eigenvalue weighted by Crippen LogP contribution is 2.05. The van der Waals surface area contributed by atoms with Gasteiger partial charge in [0, 0.05) is 19.4 Å². The number of pyridine rings is 1. The predicted octanol–water partition coefficient (Wildman–Crippen LogP) is 1.43. The van der Waals surface area contributed by atoms with Gasteiger partial charge in [-0.3, -0.25) is 4.98 Å². The maximum Gasteiger partial charge on any atom is 0.388 e. The molecule has 0 N–H and O–H groups in total. The first-order valence-corrected chi connectivity index (χ1v) is 7.24. The second kappa shape index (κ2) is 5.24. The third-order valence-corrected chi connectivity index (χ3v) is 4.88. The van der Waals surface area contributed by atoms with E-state index < -0.39 is 8.56 Å². The van der Waals surface area contributed by atoms with Gasteiger partial charge in [0.1, 0.15) is 0 Å². The van der Waals surface area contributed by atoms with Crippen LogP contribution in [0.15, 0.2) is 24.4 Å². The molecule has 1 aromatic rings. The SMILES string of the molecule is CCO[Si](C)(OCC)c1ccccn1. The summed E-state index contributed by atoms with van der Waals surface area (Å²) in [5.41, 5.74) is 0. The van der Waals surface area contributed by atoms with Gasteiger partial charge >= 0.3 is 8.56 Å². The van der Waals surface area contributed by atoms with Crippen LogP contribution in [0.3, 0.4) is 0 Å². The molecule has 1 heterocycles. The summed E-state index contributed by atoms with van der Waals surface area (Å²) in [6.07, 6.45) is 1.78. The van der Waals surface area contributed by atoms with Crippen molar-refractivity contribution in [2.75, 3.05) is 13.2 Å². The summed E-state index contributed by atoms with van der Waals surface area (Å²) >= 11 is 0. The topological polar surface area (TPSA) is 31.4 Å². The van der Waals surface area contributed by atoms with Crippen molar-refractivity contribution in [2.24, 2.45) is 0 Å². The van der Waals surface area contributed by atoms with Crippen LogP contribution in [-0.4, -0.2) is 26.8 Å². The van der Waals surface area contributed by atoms with E-state index >= 15 is 0 Å². The zero-order valence-electron chi connectivity index (χ0n) is 8.99. The number of hydrogen-bond acceptors (Lipinski definition) is 3. The van der Waals surface area contributed by atoms with Crippen molar-refractivity contribution in [1.29, 1.82) is 0 Å². The Morgan fingerprint density at radius 2 is 1.86 bits per heavy atom. The molecule has 0 saturated carbocycles. The molecule has 1 aromatic heterocycles. The minimum absolute atomic E-state index is 0.666. The van der Waals surface area contributed by atoms with Gasteiger partial charge in [-0.25, -0.2) is 0 Å². The van der Waals surface area contributed by atoms with E-state index in [1.807, 2.05) is 38.6 Å². The van der Waals surface area contributed by atoms with Gasteiger partial charge in [0.2, 0.25) is 0 Å². The number of rotatable bonds is 5. The first-order valence-electron chi connectivity index (χ1n) is 4.92. The van der Waals surface area contributed by atoms with Gasteiger partial charge in [0.15, 0.2) is 0 Å². The van der Waals surface area contributed by atoms with Crippen molar-refractivity contribution < 1.29 is 8.85 Å². The van der Waals surface area contributed by atoms with Crippen LogP contribution < -0.4 is 5.32 Å². The maximum atomic E-state index is 5.71. The molecule has 0 fully saturated rings. The van der Waals surface area contributed by atoms with Gasteiger partial charge in [-0.15, -0.1) is 0 Å². The van der Waals surface area contributed by atoms with Crippen LogP contribution >= 0.6 is 0 Å². The molecule has 78 valence electrons. The highest BCUT2D eigenvalue weighted by molar-refractivity contribution is 6.79. The van der Waals surface area contributed by atoms with Crippen molar-refractivity contribution >= 4 is 13.9 Å². The molecule has 0 aliphatic rings. The van der Waals surface area contributed by atoms with Gasteiger partial charge < -0.3 is 8.85 Å². The van der Waals surface area contributed by atoms with Crippen molar-refractivity contribution in [2.45, 2.75) is 20.4 Å². The first-order chi connectivity index (χ1) is 6.73. The van der Waals surface area contributed by atoms with Crippen LogP contribution in [0.1, 0.15) is 13.8 Å². The summed E-state index contributed by atoms with van der Waals surface area (Å²) in [4.78, 5) is 4.30. The number of hydrogen-bond donors (Lipinski definition) is 0. The number of aromatic nitrogens is 1. The van der Waals surface area contributed by atoms with E-state index in [2.05, 4.69) is 4.98 Å². The molecule has 0 amide bonds. The smallest absolute Gasteiger partial charge is 0.388 e. The Labute approximate surface area is 86.3 Å². The van der Waals surface area contributed by atoms with Crippen LogP contribution in [0.2, 0.25) is 6.55 Å². The maximum absolute atomic E-state index is 5.71. The molecule has 0 aliphatic carbocycles. The van der Waals surface area contributed by atoms with Gasteiger partial charge in [-0.1, -0.05) is 6.07 Å². The molecular formula is C10H17NO2Si. The van der Waals surface area contributed by atoms with E-state index in [4.69, 9.17) is 8.85 Å². The number of nitrogens with zero attached hydrogens (tertiary/aromatic N) is 1. The molecule has 0 bridgehead atoms. The van der Waals surface area contributed by atoms with E-state index in [1.165, 1.54) is 0 Å². The van der Waals surface area contributed by atoms with E-state index in [0.717, 1.165) is 5.32 Å². The Kier molecular flexibility index (Phi) is 4.25. The lowest BCUT2D eigenvalue weighted by Gasteiger charge is -2.24. The highest BCUT2D eigenvalue weighted by Gasteiger charge is 2.34. The zero-order chi connectivity index (χ0) is 10.4. The molecule has 14 heavy (non-hydrogen) atoms. The van der Waals surface area contributed by atoms with Gasteiger partial charge in [0.05, 0.1) is 5.32 Å². The predicted molar refractivity (Wildman–Crippen MR) is 58.7 cm³/mol. The zero-order valence-corrected chi connectivity index (χ0v) is 9.99. The Hall–Kier alpha value is -0.713. The van der Waals surface area contributed by atoms with Crippen molar-refractivity contribution in [1.82, 2.24) is 4.98 Å². The minimum Gasteiger partial charge on any atom is -0.391 e. The minimum atomic E-state index is -2.24. The molecule has 0 radical (unpaired) electrons. The lowest BCUT2D eigenvalue weighted by Crippen LogP contribution is -2.52. The average Bonchev–Trinajstić information content (AvgIpc) is 2.20. The Bertz CT molecular complexity index is 260. The molecule has 0 saturated heterocycles. The molecule has 4 heteroatoms. The summed E-state index contributed by atoms with van der Waals surface area (Å²) < 4.78 is 11.4. The lowest BCUT2D eigenvalue weighted by molar-refractivity contribution is 0.201. The van der Waals surface area contributed by atoms with E-state index in [-0.39, 0.29) is 0 Å². The summed E-state index contributed by atoms with van der Waals surface area (Å²) in [5.74, 6) is 0. The molecule has 0 aliphatic heterocycles. The van der Waals surface area contributed by atoms with Gasteiger partial charge in [-0.2, -0.15) is 0 Å². The van der Waals surface area contributed by atoms with Crippen molar-refractivity contribution in [3.8, 4) is 0 Å². The third kappa shape index (κ3) is 2.64. The molecule has 0 unspecified atom stereocenters. The highest BCUT2D eigenvalue weighted by atomic mass is 28.4. The van der Waals surface area contributed by atoms with Crippen LogP contribution in [0, 0.1) is 0 Å². The van der Waals surface area contributed by atoms with Crippen LogP contribution in [0.4, 0.5) is 0 Å². The molecule has 0 aromatic carbocycles. The molecular weight excluding hydrogens is 194 g/mol. The second-order valence-corrected chi connectivity index (χ2v) is 6.01. The summed E-state index contributed by atoms with van der Waals surface area (Å²) in [6.45, 7) is 7.32. The molecule has 0 spiro atoms. The average molecular weight is 211 g/mol.